The summed E-state index contributed by atoms with van der Waals surface area (Å²) in [6, 6.07) is 0. The number of quaternary nitrogens is 1. The maximum atomic E-state index is 4.98. The molecule has 0 aliphatic carbocycles. The van der Waals surface area contributed by atoms with Gasteiger partial charge in [-0.3, -0.25) is 0 Å². The van der Waals surface area contributed by atoms with E-state index in [-0.39, 0.29) is 0 Å². The maximum Gasteiger partial charge on any atom is 0.0783 e. The zero-order chi connectivity index (χ0) is 8.74. The Hall–Kier alpha value is -0.0800. The second-order valence-electron chi connectivity index (χ2n) is 3.68. The van der Waals surface area contributed by atoms with Gasteiger partial charge in [0.15, 0.2) is 0 Å². The number of ether oxygens (including phenoxy) is 1. The predicted molar refractivity (Wildman–Crippen MR) is 48.6 cm³/mol. The van der Waals surface area contributed by atoms with Gasteiger partial charge in [-0.2, -0.15) is 0 Å². The summed E-state index contributed by atoms with van der Waals surface area (Å²) < 4.78 is 6.11. The first kappa shape index (κ1) is 10.9. The summed E-state index contributed by atoms with van der Waals surface area (Å²) in [4.78, 5) is 0. The Bertz CT molecular complexity index is 91.6. The fourth-order valence-electron chi connectivity index (χ4n) is 0.944. The lowest BCUT2D eigenvalue weighted by Gasteiger charge is -2.27. The van der Waals surface area contributed by atoms with Crippen LogP contribution in [0.25, 0.3) is 0 Å². The molecule has 0 aliphatic rings. The molecule has 0 aromatic rings. The van der Waals surface area contributed by atoms with Crippen LogP contribution in [-0.4, -0.2) is 45.4 Å². The summed E-state index contributed by atoms with van der Waals surface area (Å²) in [6.07, 6.45) is 2.47. The van der Waals surface area contributed by atoms with Crippen molar-refractivity contribution < 1.29 is 9.22 Å². The molecule has 0 unspecified atom stereocenters. The molecule has 0 atom stereocenters. The van der Waals surface area contributed by atoms with Gasteiger partial charge in [-0.1, -0.05) is 0 Å². The van der Waals surface area contributed by atoms with Crippen molar-refractivity contribution in [1.82, 2.24) is 0 Å². The smallest absolute Gasteiger partial charge is 0.0783 e. The summed E-state index contributed by atoms with van der Waals surface area (Å²) in [7, 11) is 6.30. The van der Waals surface area contributed by atoms with Gasteiger partial charge in [-0.05, 0) is 19.8 Å². The molecule has 0 saturated heterocycles. The lowest BCUT2D eigenvalue weighted by atomic mass is 10.3. The van der Waals surface area contributed by atoms with E-state index in [4.69, 9.17) is 4.74 Å². The minimum atomic E-state index is 0.906. The molecule has 0 saturated carbocycles. The molecule has 68 valence electrons. The van der Waals surface area contributed by atoms with E-state index in [1.165, 1.54) is 25.9 Å². The minimum Gasteiger partial charge on any atom is -0.385 e. The van der Waals surface area contributed by atoms with Crippen LogP contribution in [0.4, 0.5) is 0 Å². The Morgan fingerprint density at radius 2 is 1.82 bits per heavy atom. The summed E-state index contributed by atoms with van der Waals surface area (Å²) in [5.41, 5.74) is 0. The first-order valence-electron chi connectivity index (χ1n) is 4.43. The number of hydrogen-bond acceptors (Lipinski definition) is 1. The quantitative estimate of drug-likeness (QED) is 0.423. The Labute approximate surface area is 70.7 Å². The summed E-state index contributed by atoms with van der Waals surface area (Å²) in [5.74, 6) is 0. The fraction of sp³-hybridized carbons (Fsp3) is 1.00. The van der Waals surface area contributed by atoms with Gasteiger partial charge >= 0.3 is 0 Å². The van der Waals surface area contributed by atoms with Crippen LogP contribution in [0.5, 0.6) is 0 Å². The monoisotopic (exact) mass is 160 g/mol. The van der Waals surface area contributed by atoms with E-state index in [1.54, 1.807) is 7.11 Å². The molecule has 0 fully saturated rings. The summed E-state index contributed by atoms with van der Waals surface area (Å²) in [5, 5.41) is 0. The van der Waals surface area contributed by atoms with E-state index in [0.29, 0.717) is 0 Å². The molecule has 2 heteroatoms. The normalized spacial score (nSPS) is 12.0. The Balaban J connectivity index is 3.23. The van der Waals surface area contributed by atoms with E-state index in [2.05, 4.69) is 21.0 Å². The fourth-order valence-corrected chi connectivity index (χ4v) is 0.944. The molecule has 0 rings (SSSR count). The van der Waals surface area contributed by atoms with Crippen LogP contribution >= 0.6 is 0 Å². The molecular formula is C9H22NO+. The van der Waals surface area contributed by atoms with Crippen molar-refractivity contribution in [2.45, 2.75) is 19.8 Å². The molecule has 0 heterocycles. The van der Waals surface area contributed by atoms with E-state index in [1.807, 2.05) is 0 Å². The van der Waals surface area contributed by atoms with Crippen LogP contribution in [-0.2, 0) is 4.74 Å². The van der Waals surface area contributed by atoms with Gasteiger partial charge in [-0.15, -0.1) is 0 Å². The Kier molecular flexibility index (Phi) is 5.51. The lowest BCUT2D eigenvalue weighted by molar-refractivity contribution is -0.888. The molecule has 0 radical (unpaired) electrons. The highest BCUT2D eigenvalue weighted by Gasteiger charge is 2.09. The average molecular weight is 160 g/mol. The number of unbranched alkanes of at least 4 members (excludes halogenated alkanes) is 1. The van der Waals surface area contributed by atoms with E-state index in [0.717, 1.165) is 11.1 Å². The number of methoxy groups -OCH3 is 1. The summed E-state index contributed by atoms with van der Waals surface area (Å²) >= 11 is 0. The second-order valence-corrected chi connectivity index (χ2v) is 3.68. The molecular weight excluding hydrogens is 138 g/mol. The van der Waals surface area contributed by atoms with Crippen LogP contribution in [0.15, 0.2) is 0 Å². The first-order valence-corrected chi connectivity index (χ1v) is 4.43. The van der Waals surface area contributed by atoms with E-state index < -0.39 is 0 Å². The molecule has 0 spiro atoms. The van der Waals surface area contributed by atoms with Gasteiger partial charge in [0.1, 0.15) is 0 Å². The third kappa shape index (κ3) is 6.32. The predicted octanol–water partition coefficient (Wildman–Crippen LogP) is 1.51. The van der Waals surface area contributed by atoms with Gasteiger partial charge in [-0.25, -0.2) is 0 Å². The van der Waals surface area contributed by atoms with Crippen LogP contribution in [0, 0.1) is 0 Å². The van der Waals surface area contributed by atoms with Gasteiger partial charge in [0.05, 0.1) is 27.2 Å². The highest BCUT2D eigenvalue weighted by Crippen LogP contribution is 2.00. The SMILES string of the molecule is CC[N+](C)(C)CCCCOC. The molecule has 0 aromatic heterocycles. The van der Waals surface area contributed by atoms with Gasteiger partial charge in [0, 0.05) is 13.7 Å². The van der Waals surface area contributed by atoms with Crippen molar-refractivity contribution >= 4 is 0 Å². The van der Waals surface area contributed by atoms with Crippen molar-refractivity contribution in [3.05, 3.63) is 0 Å². The number of rotatable bonds is 6. The molecule has 0 amide bonds. The molecule has 0 N–H and O–H groups in total. The van der Waals surface area contributed by atoms with Crippen molar-refractivity contribution in [3.8, 4) is 0 Å². The molecule has 0 aliphatic heterocycles. The largest absolute Gasteiger partial charge is 0.385 e. The topological polar surface area (TPSA) is 9.23 Å². The second kappa shape index (κ2) is 5.56. The zero-order valence-electron chi connectivity index (χ0n) is 8.39. The molecule has 2 nitrogen and oxygen atoms in total. The van der Waals surface area contributed by atoms with Crippen molar-refractivity contribution in [2.24, 2.45) is 0 Å². The van der Waals surface area contributed by atoms with E-state index in [9.17, 15) is 0 Å². The maximum absolute atomic E-state index is 4.98. The van der Waals surface area contributed by atoms with Crippen LogP contribution in [0.3, 0.4) is 0 Å². The van der Waals surface area contributed by atoms with Crippen molar-refractivity contribution in [3.63, 3.8) is 0 Å². The third-order valence-corrected chi connectivity index (χ3v) is 2.22. The number of nitrogens with zero attached hydrogens (tertiary/aromatic N) is 1. The lowest BCUT2D eigenvalue weighted by Crippen LogP contribution is -2.39. The van der Waals surface area contributed by atoms with Gasteiger partial charge in [0.2, 0.25) is 0 Å². The minimum absolute atomic E-state index is 0.906. The Morgan fingerprint density at radius 1 is 1.18 bits per heavy atom. The average Bonchev–Trinajstić information content (AvgIpc) is 1.99. The first-order chi connectivity index (χ1) is 5.12. The van der Waals surface area contributed by atoms with Gasteiger partial charge in [0.25, 0.3) is 0 Å². The van der Waals surface area contributed by atoms with Gasteiger partial charge < -0.3 is 9.22 Å². The van der Waals surface area contributed by atoms with E-state index >= 15 is 0 Å². The molecule has 0 bridgehead atoms. The Morgan fingerprint density at radius 3 is 2.27 bits per heavy atom. The van der Waals surface area contributed by atoms with Crippen LogP contribution < -0.4 is 0 Å². The standard InChI is InChI=1S/C9H22NO/c1-5-10(2,3)8-6-7-9-11-4/h5-9H2,1-4H3/q+1. The zero-order valence-corrected chi connectivity index (χ0v) is 8.39. The van der Waals surface area contributed by atoms with Crippen molar-refractivity contribution in [1.29, 1.82) is 0 Å². The molecule has 11 heavy (non-hydrogen) atoms. The molecule has 0 aromatic carbocycles. The highest BCUT2D eigenvalue weighted by molar-refractivity contribution is 4.37. The number of hydrogen-bond donors (Lipinski definition) is 0. The van der Waals surface area contributed by atoms with Crippen molar-refractivity contribution in [2.75, 3.05) is 40.9 Å². The third-order valence-electron chi connectivity index (χ3n) is 2.22. The van der Waals surface area contributed by atoms with Crippen LogP contribution in [0.1, 0.15) is 19.8 Å². The summed E-state index contributed by atoms with van der Waals surface area (Å²) in [6.45, 7) is 5.62. The van der Waals surface area contributed by atoms with Crippen LogP contribution in [0.2, 0.25) is 0 Å². The highest BCUT2D eigenvalue weighted by atomic mass is 16.5.